The fraction of sp³-hybridized carbons (Fsp3) is 0.474. The first-order chi connectivity index (χ1) is 15.4. The molecular formula is C19H20F6N6O2. The summed E-state index contributed by atoms with van der Waals surface area (Å²) in [6, 6.07) is 7.70. The number of rotatable bonds is 6. The van der Waals surface area contributed by atoms with Crippen LogP contribution in [0.15, 0.2) is 30.3 Å². The Hall–Kier alpha value is -3.32. The van der Waals surface area contributed by atoms with Crippen LogP contribution in [0.3, 0.4) is 0 Å². The topological polar surface area (TPSA) is 83.5 Å². The molecule has 1 aliphatic rings. The molecule has 1 aromatic carbocycles. The van der Waals surface area contributed by atoms with E-state index < -0.39 is 24.5 Å². The van der Waals surface area contributed by atoms with Gasteiger partial charge in [-0.1, -0.05) is 30.3 Å². The Morgan fingerprint density at radius 2 is 1.61 bits per heavy atom. The van der Waals surface area contributed by atoms with Gasteiger partial charge in [0.05, 0.1) is 0 Å². The lowest BCUT2D eigenvalue weighted by Crippen LogP contribution is -2.49. The Morgan fingerprint density at radius 1 is 1.00 bits per heavy atom. The minimum absolute atomic E-state index is 0.155. The summed E-state index contributed by atoms with van der Waals surface area (Å²) in [7, 11) is 0. The molecule has 1 amide bonds. The van der Waals surface area contributed by atoms with Gasteiger partial charge in [-0.05, 0) is 5.56 Å². The van der Waals surface area contributed by atoms with Crippen LogP contribution in [-0.2, 0) is 11.3 Å². The predicted molar refractivity (Wildman–Crippen MR) is 105 cm³/mol. The van der Waals surface area contributed by atoms with Gasteiger partial charge in [-0.25, -0.2) is 0 Å². The first kappa shape index (κ1) is 24.3. The van der Waals surface area contributed by atoms with Crippen LogP contribution in [-0.4, -0.2) is 70.4 Å². The van der Waals surface area contributed by atoms with Gasteiger partial charge in [-0.3, -0.25) is 4.79 Å². The zero-order valence-electron chi connectivity index (χ0n) is 17.3. The van der Waals surface area contributed by atoms with Gasteiger partial charge in [-0.2, -0.15) is 41.3 Å². The van der Waals surface area contributed by atoms with Crippen LogP contribution in [0, 0.1) is 0 Å². The molecule has 180 valence electrons. The maximum absolute atomic E-state index is 13.0. The molecule has 1 N–H and O–H groups in total. The molecule has 0 bridgehead atoms. The average molecular weight is 478 g/mol. The average Bonchev–Trinajstić information content (AvgIpc) is 2.75. The van der Waals surface area contributed by atoms with E-state index in [9.17, 15) is 31.1 Å². The molecule has 1 fully saturated rings. The lowest BCUT2D eigenvalue weighted by molar-refractivity contribution is -0.301. The molecule has 33 heavy (non-hydrogen) atoms. The van der Waals surface area contributed by atoms with Gasteiger partial charge in [-0.15, -0.1) is 0 Å². The fourth-order valence-corrected chi connectivity index (χ4v) is 3.04. The second-order valence-electron chi connectivity index (χ2n) is 7.15. The zero-order valence-corrected chi connectivity index (χ0v) is 17.3. The molecule has 3 rings (SSSR count). The van der Waals surface area contributed by atoms with E-state index in [1.165, 1.54) is 11.8 Å². The van der Waals surface area contributed by atoms with Crippen molar-refractivity contribution in [1.82, 2.24) is 19.9 Å². The molecule has 1 aromatic heterocycles. The van der Waals surface area contributed by atoms with Crippen molar-refractivity contribution in [1.29, 1.82) is 0 Å². The lowest BCUT2D eigenvalue weighted by Gasteiger charge is -2.34. The van der Waals surface area contributed by atoms with Crippen molar-refractivity contribution in [2.45, 2.75) is 31.9 Å². The van der Waals surface area contributed by atoms with Crippen LogP contribution < -0.4 is 15.0 Å². The summed E-state index contributed by atoms with van der Waals surface area (Å²) in [6.07, 6.45) is -15.6. The van der Waals surface area contributed by atoms with Gasteiger partial charge in [0.25, 0.3) is 6.10 Å². The van der Waals surface area contributed by atoms with Gasteiger partial charge < -0.3 is 19.9 Å². The Kier molecular flexibility index (Phi) is 7.12. The minimum atomic E-state index is -5.73. The summed E-state index contributed by atoms with van der Waals surface area (Å²) in [5, 5.41) is 2.76. The number of piperazine rings is 1. The molecule has 0 saturated carbocycles. The number of aromatic nitrogens is 3. The summed E-state index contributed by atoms with van der Waals surface area (Å²) in [6.45, 7) is 2.58. The molecule has 0 unspecified atom stereocenters. The monoisotopic (exact) mass is 478 g/mol. The van der Waals surface area contributed by atoms with Gasteiger partial charge in [0.2, 0.25) is 17.8 Å². The minimum Gasteiger partial charge on any atom is -0.440 e. The Morgan fingerprint density at radius 3 is 2.15 bits per heavy atom. The second-order valence-corrected chi connectivity index (χ2v) is 7.15. The van der Waals surface area contributed by atoms with Crippen molar-refractivity contribution in [3.63, 3.8) is 0 Å². The number of amides is 1. The van der Waals surface area contributed by atoms with Crippen LogP contribution in [0.5, 0.6) is 6.01 Å². The predicted octanol–water partition coefficient (Wildman–Crippen LogP) is 3.02. The lowest BCUT2D eigenvalue weighted by atomic mass is 10.2. The first-order valence-corrected chi connectivity index (χ1v) is 9.78. The number of carbonyl (C=O) groups is 1. The number of ether oxygens (including phenoxy) is 1. The van der Waals surface area contributed by atoms with Gasteiger partial charge in [0.15, 0.2) is 0 Å². The smallest absolute Gasteiger partial charge is 0.434 e. The number of anilines is 2. The number of alkyl halides is 6. The SMILES string of the molecule is CC(=O)N1CCN(c2nc(NCc3ccccc3)nc(OC(C(F)(F)F)C(F)(F)F)n2)CC1. The van der Waals surface area contributed by atoms with Gasteiger partial charge in [0, 0.05) is 39.6 Å². The first-order valence-electron chi connectivity index (χ1n) is 9.78. The molecular weight excluding hydrogens is 458 g/mol. The summed E-state index contributed by atoms with van der Waals surface area (Å²) >= 11 is 0. The Labute approximate surface area is 184 Å². The third-order valence-corrected chi connectivity index (χ3v) is 4.72. The molecule has 0 atom stereocenters. The standard InChI is InChI=1S/C19H20F6N6O2/c1-12(32)30-7-9-31(10-8-30)16-27-15(26-11-13-5-3-2-4-6-13)28-17(29-16)33-14(18(20,21)22)19(23,24)25/h2-6,14H,7-11H2,1H3,(H,26,27,28,29). The highest BCUT2D eigenvalue weighted by Gasteiger charge is 2.59. The van der Waals surface area contributed by atoms with Crippen LogP contribution in [0.25, 0.3) is 0 Å². The van der Waals surface area contributed by atoms with Crippen LogP contribution in [0.1, 0.15) is 12.5 Å². The van der Waals surface area contributed by atoms with Crippen molar-refractivity contribution < 1.29 is 35.9 Å². The molecule has 0 radical (unpaired) electrons. The summed E-state index contributed by atoms with van der Waals surface area (Å²) < 4.78 is 82.0. The van der Waals surface area contributed by atoms with Crippen molar-refractivity contribution in [3.8, 4) is 6.01 Å². The molecule has 2 heterocycles. The van der Waals surface area contributed by atoms with E-state index in [-0.39, 0.29) is 50.5 Å². The fourth-order valence-electron chi connectivity index (χ4n) is 3.04. The quantitative estimate of drug-likeness (QED) is 0.639. The molecule has 2 aromatic rings. The normalized spacial score (nSPS) is 15.0. The molecule has 14 heteroatoms. The van der Waals surface area contributed by atoms with Crippen LogP contribution in [0.4, 0.5) is 38.2 Å². The van der Waals surface area contributed by atoms with E-state index >= 15 is 0 Å². The highest BCUT2D eigenvalue weighted by molar-refractivity contribution is 5.73. The second kappa shape index (κ2) is 9.67. The van der Waals surface area contributed by atoms with Crippen LogP contribution >= 0.6 is 0 Å². The summed E-state index contributed by atoms with van der Waals surface area (Å²) in [5.41, 5.74) is 0.778. The number of benzene rings is 1. The maximum atomic E-state index is 13.0. The zero-order chi connectivity index (χ0) is 24.2. The van der Waals surface area contributed by atoms with Crippen molar-refractivity contribution >= 4 is 17.8 Å². The molecule has 1 aliphatic heterocycles. The number of halogens is 6. The van der Waals surface area contributed by atoms with E-state index in [0.29, 0.717) is 0 Å². The maximum Gasteiger partial charge on any atom is 0.434 e. The molecule has 8 nitrogen and oxygen atoms in total. The summed E-state index contributed by atoms with van der Waals surface area (Å²) in [4.78, 5) is 26.0. The van der Waals surface area contributed by atoms with Crippen molar-refractivity contribution in [2.75, 3.05) is 36.4 Å². The van der Waals surface area contributed by atoms with E-state index in [0.717, 1.165) is 5.56 Å². The van der Waals surface area contributed by atoms with E-state index in [1.54, 1.807) is 35.2 Å². The number of carbonyl (C=O) groups excluding carboxylic acids is 1. The highest BCUT2D eigenvalue weighted by Crippen LogP contribution is 2.36. The number of nitrogens with one attached hydrogen (secondary N) is 1. The highest BCUT2D eigenvalue weighted by atomic mass is 19.4. The number of hydrogen-bond donors (Lipinski definition) is 1. The Bertz CT molecular complexity index is 934. The van der Waals surface area contributed by atoms with E-state index in [4.69, 9.17) is 0 Å². The van der Waals surface area contributed by atoms with E-state index in [1.807, 2.05) is 0 Å². The number of hydrogen-bond acceptors (Lipinski definition) is 7. The number of nitrogens with zero attached hydrogens (tertiary/aromatic N) is 5. The van der Waals surface area contributed by atoms with Crippen molar-refractivity contribution in [2.24, 2.45) is 0 Å². The van der Waals surface area contributed by atoms with Crippen molar-refractivity contribution in [3.05, 3.63) is 35.9 Å². The summed E-state index contributed by atoms with van der Waals surface area (Å²) in [5.74, 6) is -0.574. The van der Waals surface area contributed by atoms with Gasteiger partial charge >= 0.3 is 18.4 Å². The third kappa shape index (κ3) is 6.58. The van der Waals surface area contributed by atoms with Gasteiger partial charge in [0.1, 0.15) is 0 Å². The third-order valence-electron chi connectivity index (χ3n) is 4.72. The largest absolute Gasteiger partial charge is 0.440 e. The molecule has 0 aliphatic carbocycles. The van der Waals surface area contributed by atoms with Crippen LogP contribution in [0.2, 0.25) is 0 Å². The molecule has 1 saturated heterocycles. The Balaban J connectivity index is 1.87. The van der Waals surface area contributed by atoms with E-state index in [2.05, 4.69) is 25.0 Å². The molecule has 0 spiro atoms.